The topological polar surface area (TPSA) is 49.7 Å². The highest BCUT2D eigenvalue weighted by Gasteiger charge is 2.19. The summed E-state index contributed by atoms with van der Waals surface area (Å²) >= 11 is 0. The van der Waals surface area contributed by atoms with Gasteiger partial charge in [-0.1, -0.05) is 30.3 Å². The molecule has 3 nitrogen and oxygen atoms in total. The Bertz CT molecular complexity index is 290. The molecule has 0 spiro atoms. The SMILES string of the molecule is CC(C)(O)O[C@H](CO)CCc1ccccc1. The molecule has 3 heteroatoms. The molecule has 0 aliphatic carbocycles. The van der Waals surface area contributed by atoms with Crippen LogP contribution in [0.3, 0.4) is 0 Å². The average Bonchev–Trinajstić information content (AvgIpc) is 2.24. The van der Waals surface area contributed by atoms with Crippen LogP contribution in [0, 0.1) is 0 Å². The predicted molar refractivity (Wildman–Crippen MR) is 63.0 cm³/mol. The fourth-order valence-electron chi connectivity index (χ4n) is 1.57. The fourth-order valence-corrected chi connectivity index (χ4v) is 1.57. The lowest BCUT2D eigenvalue weighted by molar-refractivity contribution is -0.213. The van der Waals surface area contributed by atoms with Gasteiger partial charge in [0.1, 0.15) is 0 Å². The van der Waals surface area contributed by atoms with E-state index >= 15 is 0 Å². The van der Waals surface area contributed by atoms with E-state index in [1.807, 2.05) is 30.3 Å². The minimum absolute atomic E-state index is 0.0726. The molecule has 0 amide bonds. The van der Waals surface area contributed by atoms with Crippen molar-refractivity contribution in [3.05, 3.63) is 35.9 Å². The van der Waals surface area contributed by atoms with Gasteiger partial charge in [0, 0.05) is 0 Å². The first-order valence-corrected chi connectivity index (χ1v) is 5.56. The van der Waals surface area contributed by atoms with E-state index in [9.17, 15) is 5.11 Å². The molecular weight excluding hydrogens is 204 g/mol. The van der Waals surface area contributed by atoms with E-state index in [0.29, 0.717) is 6.42 Å². The van der Waals surface area contributed by atoms with Crippen LogP contribution in [0.2, 0.25) is 0 Å². The van der Waals surface area contributed by atoms with Crippen LogP contribution in [0.25, 0.3) is 0 Å². The van der Waals surface area contributed by atoms with Crippen molar-refractivity contribution in [1.29, 1.82) is 0 Å². The van der Waals surface area contributed by atoms with E-state index in [1.54, 1.807) is 13.8 Å². The van der Waals surface area contributed by atoms with E-state index < -0.39 is 5.79 Å². The normalized spacial score (nSPS) is 13.8. The third-order valence-electron chi connectivity index (χ3n) is 2.26. The maximum atomic E-state index is 9.48. The van der Waals surface area contributed by atoms with Crippen LogP contribution in [0.15, 0.2) is 30.3 Å². The summed E-state index contributed by atoms with van der Waals surface area (Å²) in [6.45, 7) is 3.06. The Hall–Kier alpha value is -0.900. The van der Waals surface area contributed by atoms with Crippen LogP contribution in [-0.2, 0) is 11.2 Å². The van der Waals surface area contributed by atoms with Gasteiger partial charge in [-0.15, -0.1) is 0 Å². The summed E-state index contributed by atoms with van der Waals surface area (Å²) in [7, 11) is 0. The first kappa shape index (κ1) is 13.2. The summed E-state index contributed by atoms with van der Waals surface area (Å²) in [6.07, 6.45) is 1.22. The third-order valence-corrected chi connectivity index (χ3v) is 2.26. The molecule has 0 saturated carbocycles. The summed E-state index contributed by atoms with van der Waals surface area (Å²) < 4.78 is 5.31. The number of aryl methyl sites for hydroxylation is 1. The highest BCUT2D eigenvalue weighted by Crippen LogP contribution is 2.13. The van der Waals surface area contributed by atoms with E-state index in [1.165, 1.54) is 5.56 Å². The second-order valence-corrected chi connectivity index (χ2v) is 4.39. The van der Waals surface area contributed by atoms with Crippen molar-refractivity contribution in [2.75, 3.05) is 6.61 Å². The van der Waals surface area contributed by atoms with Crippen LogP contribution in [-0.4, -0.2) is 28.7 Å². The zero-order chi connectivity index (χ0) is 12.0. The number of aliphatic hydroxyl groups is 2. The Morgan fingerprint density at radius 2 is 1.88 bits per heavy atom. The van der Waals surface area contributed by atoms with Crippen LogP contribution >= 0.6 is 0 Å². The molecule has 0 heterocycles. The summed E-state index contributed by atoms with van der Waals surface area (Å²) in [5.74, 6) is -1.19. The number of ether oxygens (including phenoxy) is 1. The molecule has 0 unspecified atom stereocenters. The van der Waals surface area contributed by atoms with Crippen molar-refractivity contribution < 1.29 is 14.9 Å². The molecule has 0 bridgehead atoms. The Kier molecular flexibility index (Phi) is 4.93. The van der Waals surface area contributed by atoms with Crippen molar-refractivity contribution >= 4 is 0 Å². The van der Waals surface area contributed by atoms with Gasteiger partial charge in [0.15, 0.2) is 5.79 Å². The first-order valence-electron chi connectivity index (χ1n) is 5.56. The second-order valence-electron chi connectivity index (χ2n) is 4.39. The van der Waals surface area contributed by atoms with Crippen LogP contribution in [0.5, 0.6) is 0 Å². The first-order chi connectivity index (χ1) is 7.51. The van der Waals surface area contributed by atoms with Crippen LogP contribution in [0.1, 0.15) is 25.8 Å². The van der Waals surface area contributed by atoms with E-state index in [4.69, 9.17) is 9.84 Å². The number of aliphatic hydroxyl groups excluding tert-OH is 1. The maximum Gasteiger partial charge on any atom is 0.160 e. The third kappa shape index (κ3) is 5.26. The standard InChI is InChI=1S/C13H20O3/c1-13(2,15)16-12(10-14)9-8-11-6-4-3-5-7-11/h3-7,12,14-15H,8-10H2,1-2H3/t12-/m0/s1. The smallest absolute Gasteiger partial charge is 0.160 e. The van der Waals surface area contributed by atoms with Crippen molar-refractivity contribution in [3.63, 3.8) is 0 Å². The Balaban J connectivity index is 2.40. The minimum atomic E-state index is -1.19. The molecule has 16 heavy (non-hydrogen) atoms. The zero-order valence-electron chi connectivity index (χ0n) is 9.89. The molecule has 0 fully saturated rings. The zero-order valence-corrected chi connectivity index (χ0v) is 9.89. The van der Waals surface area contributed by atoms with Gasteiger partial charge in [-0.05, 0) is 32.3 Å². The van der Waals surface area contributed by atoms with Gasteiger partial charge < -0.3 is 14.9 Å². The molecular formula is C13H20O3. The largest absolute Gasteiger partial charge is 0.394 e. The van der Waals surface area contributed by atoms with Crippen molar-refractivity contribution in [3.8, 4) is 0 Å². The van der Waals surface area contributed by atoms with Crippen molar-refractivity contribution in [2.45, 2.75) is 38.6 Å². The maximum absolute atomic E-state index is 9.48. The summed E-state index contributed by atoms with van der Waals surface area (Å²) in [6, 6.07) is 10.0. The van der Waals surface area contributed by atoms with Gasteiger partial charge in [-0.25, -0.2) is 0 Å². The number of hydrogen-bond acceptors (Lipinski definition) is 3. The Morgan fingerprint density at radius 1 is 1.25 bits per heavy atom. The predicted octanol–water partition coefficient (Wildman–Crippen LogP) is 1.73. The average molecular weight is 224 g/mol. The molecule has 0 aromatic heterocycles. The lowest BCUT2D eigenvalue weighted by Gasteiger charge is -2.25. The molecule has 0 aliphatic rings. The molecule has 0 saturated heterocycles. The van der Waals surface area contributed by atoms with Crippen LogP contribution < -0.4 is 0 Å². The van der Waals surface area contributed by atoms with E-state index in [0.717, 1.165) is 6.42 Å². The van der Waals surface area contributed by atoms with E-state index in [2.05, 4.69) is 0 Å². The monoisotopic (exact) mass is 224 g/mol. The highest BCUT2D eigenvalue weighted by molar-refractivity contribution is 5.14. The summed E-state index contributed by atoms with van der Waals surface area (Å²) in [4.78, 5) is 0. The van der Waals surface area contributed by atoms with Gasteiger partial charge in [-0.2, -0.15) is 0 Å². The van der Waals surface area contributed by atoms with Crippen LogP contribution in [0.4, 0.5) is 0 Å². The van der Waals surface area contributed by atoms with Gasteiger partial charge in [0.25, 0.3) is 0 Å². The Morgan fingerprint density at radius 3 is 2.38 bits per heavy atom. The Labute approximate surface area is 96.7 Å². The molecule has 0 aliphatic heterocycles. The van der Waals surface area contributed by atoms with Crippen molar-refractivity contribution in [1.82, 2.24) is 0 Å². The summed E-state index contributed by atoms with van der Waals surface area (Å²) in [5, 5.41) is 18.6. The fraction of sp³-hybridized carbons (Fsp3) is 0.538. The lowest BCUT2D eigenvalue weighted by atomic mass is 10.1. The molecule has 1 aromatic carbocycles. The summed E-state index contributed by atoms with van der Waals surface area (Å²) in [5.41, 5.74) is 1.21. The molecule has 1 atom stereocenters. The molecule has 1 aromatic rings. The van der Waals surface area contributed by atoms with Gasteiger partial charge in [-0.3, -0.25) is 0 Å². The quantitative estimate of drug-likeness (QED) is 0.723. The second kappa shape index (κ2) is 5.99. The van der Waals surface area contributed by atoms with Crippen molar-refractivity contribution in [2.24, 2.45) is 0 Å². The molecule has 0 radical (unpaired) electrons. The molecule has 2 N–H and O–H groups in total. The van der Waals surface area contributed by atoms with Gasteiger partial charge in [0.2, 0.25) is 0 Å². The van der Waals surface area contributed by atoms with Gasteiger partial charge in [0.05, 0.1) is 12.7 Å². The lowest BCUT2D eigenvalue weighted by Crippen LogP contribution is -2.32. The minimum Gasteiger partial charge on any atom is -0.394 e. The molecule has 90 valence electrons. The number of rotatable bonds is 6. The highest BCUT2D eigenvalue weighted by atomic mass is 16.6. The van der Waals surface area contributed by atoms with E-state index in [-0.39, 0.29) is 12.7 Å². The number of hydrogen-bond donors (Lipinski definition) is 2. The van der Waals surface area contributed by atoms with Gasteiger partial charge >= 0.3 is 0 Å². The number of benzene rings is 1. The molecule has 1 rings (SSSR count).